The summed E-state index contributed by atoms with van der Waals surface area (Å²) >= 11 is 1.45. The summed E-state index contributed by atoms with van der Waals surface area (Å²) < 4.78 is 4.97. The highest BCUT2D eigenvalue weighted by molar-refractivity contribution is 7.13. The van der Waals surface area contributed by atoms with E-state index in [1.165, 1.54) is 17.4 Å². The van der Waals surface area contributed by atoms with Crippen molar-refractivity contribution < 1.29 is 14.3 Å². The van der Waals surface area contributed by atoms with Crippen LogP contribution in [-0.4, -0.2) is 60.6 Å². The molecule has 1 aromatic rings. The maximum absolute atomic E-state index is 12.7. The van der Waals surface area contributed by atoms with E-state index in [9.17, 15) is 9.59 Å². The molecular formula is C15H22N4O3S. The van der Waals surface area contributed by atoms with Crippen LogP contribution in [0.5, 0.6) is 0 Å². The van der Waals surface area contributed by atoms with Gasteiger partial charge in [-0.05, 0) is 18.9 Å². The standard InChI is InChI=1S/C15H22N4O3S/c1-3-12(20)19-8-4-15(5-9-19,13(21)16-6-10-22-2)18-14-17-7-11-23-14/h3,7,11H,1,4-6,8-10H2,2H3,(H,16,21)(H,17,18). The Bertz CT molecular complexity index is 539. The lowest BCUT2D eigenvalue weighted by atomic mass is 9.86. The van der Waals surface area contributed by atoms with Crippen molar-refractivity contribution in [2.24, 2.45) is 0 Å². The monoisotopic (exact) mass is 338 g/mol. The second-order valence-electron chi connectivity index (χ2n) is 5.32. The van der Waals surface area contributed by atoms with Crippen molar-refractivity contribution in [3.63, 3.8) is 0 Å². The van der Waals surface area contributed by atoms with Crippen LogP contribution in [0.25, 0.3) is 0 Å². The van der Waals surface area contributed by atoms with Crippen LogP contribution in [0.15, 0.2) is 24.2 Å². The average molecular weight is 338 g/mol. The lowest BCUT2D eigenvalue weighted by molar-refractivity contribution is -0.132. The number of amides is 2. The summed E-state index contributed by atoms with van der Waals surface area (Å²) in [7, 11) is 1.59. The Morgan fingerprint density at radius 3 is 2.83 bits per heavy atom. The molecule has 1 aliphatic rings. The van der Waals surface area contributed by atoms with E-state index in [4.69, 9.17) is 4.74 Å². The minimum Gasteiger partial charge on any atom is -0.383 e. The number of hydrogen-bond donors (Lipinski definition) is 2. The lowest BCUT2D eigenvalue weighted by Gasteiger charge is -2.40. The molecule has 0 aromatic carbocycles. The molecule has 2 N–H and O–H groups in total. The number of aromatic nitrogens is 1. The molecule has 8 heteroatoms. The van der Waals surface area contributed by atoms with Crippen molar-refractivity contribution in [3.05, 3.63) is 24.2 Å². The van der Waals surface area contributed by atoms with E-state index in [1.54, 1.807) is 18.2 Å². The molecule has 2 amide bonds. The van der Waals surface area contributed by atoms with Gasteiger partial charge >= 0.3 is 0 Å². The van der Waals surface area contributed by atoms with Gasteiger partial charge in [-0.25, -0.2) is 4.98 Å². The summed E-state index contributed by atoms with van der Waals surface area (Å²) in [4.78, 5) is 30.3. The number of anilines is 1. The molecule has 0 saturated carbocycles. The first-order chi connectivity index (χ1) is 11.1. The van der Waals surface area contributed by atoms with Gasteiger partial charge in [-0.3, -0.25) is 9.59 Å². The number of likely N-dealkylation sites (tertiary alicyclic amines) is 1. The highest BCUT2D eigenvalue weighted by atomic mass is 32.1. The van der Waals surface area contributed by atoms with E-state index in [0.29, 0.717) is 44.2 Å². The van der Waals surface area contributed by atoms with Gasteiger partial charge in [-0.15, -0.1) is 11.3 Å². The van der Waals surface area contributed by atoms with Crippen LogP contribution in [0.1, 0.15) is 12.8 Å². The molecule has 0 bridgehead atoms. The van der Waals surface area contributed by atoms with Crippen LogP contribution in [0, 0.1) is 0 Å². The van der Waals surface area contributed by atoms with Gasteiger partial charge in [-0.1, -0.05) is 6.58 Å². The molecule has 0 radical (unpaired) electrons. The van der Waals surface area contributed by atoms with Crippen molar-refractivity contribution in [3.8, 4) is 0 Å². The number of thiazole rings is 1. The highest BCUT2D eigenvalue weighted by Crippen LogP contribution is 2.28. The zero-order valence-corrected chi connectivity index (χ0v) is 14.0. The second-order valence-corrected chi connectivity index (χ2v) is 6.22. The van der Waals surface area contributed by atoms with Crippen molar-refractivity contribution in [1.82, 2.24) is 15.2 Å². The van der Waals surface area contributed by atoms with E-state index in [1.807, 2.05) is 5.38 Å². The first-order valence-electron chi connectivity index (χ1n) is 7.47. The average Bonchev–Trinajstić information content (AvgIpc) is 3.07. The number of hydrogen-bond acceptors (Lipinski definition) is 6. The molecule has 2 rings (SSSR count). The van der Waals surface area contributed by atoms with Crippen LogP contribution in [0.4, 0.5) is 5.13 Å². The number of nitrogens with zero attached hydrogens (tertiary/aromatic N) is 2. The Hall–Kier alpha value is -1.93. The van der Waals surface area contributed by atoms with Gasteiger partial charge in [0.25, 0.3) is 0 Å². The zero-order chi connectivity index (χ0) is 16.7. The van der Waals surface area contributed by atoms with Gasteiger partial charge in [0.1, 0.15) is 5.54 Å². The van der Waals surface area contributed by atoms with Crippen LogP contribution in [0.2, 0.25) is 0 Å². The molecule has 0 aliphatic carbocycles. The van der Waals surface area contributed by atoms with Crippen molar-refractivity contribution in [2.45, 2.75) is 18.4 Å². The topological polar surface area (TPSA) is 83.6 Å². The smallest absolute Gasteiger partial charge is 0.245 e. The summed E-state index contributed by atoms with van der Waals surface area (Å²) in [6, 6.07) is 0. The molecule has 0 spiro atoms. The van der Waals surface area contributed by atoms with Crippen molar-refractivity contribution in [1.29, 1.82) is 0 Å². The van der Waals surface area contributed by atoms with Gasteiger partial charge in [0.2, 0.25) is 11.8 Å². The van der Waals surface area contributed by atoms with Gasteiger partial charge < -0.3 is 20.3 Å². The Balaban J connectivity index is 2.08. The number of methoxy groups -OCH3 is 1. The third-order valence-electron chi connectivity index (χ3n) is 3.91. The highest BCUT2D eigenvalue weighted by Gasteiger charge is 2.42. The molecule has 1 aliphatic heterocycles. The minimum absolute atomic E-state index is 0.0875. The molecular weight excluding hydrogens is 316 g/mol. The van der Waals surface area contributed by atoms with E-state index >= 15 is 0 Å². The molecule has 1 saturated heterocycles. The van der Waals surface area contributed by atoms with Crippen LogP contribution in [0.3, 0.4) is 0 Å². The largest absolute Gasteiger partial charge is 0.383 e. The van der Waals surface area contributed by atoms with Crippen molar-refractivity contribution in [2.75, 3.05) is 38.7 Å². The third-order valence-corrected chi connectivity index (χ3v) is 4.60. The van der Waals surface area contributed by atoms with Crippen molar-refractivity contribution >= 4 is 28.3 Å². The summed E-state index contributed by atoms with van der Waals surface area (Å²) in [5.41, 5.74) is -0.760. The number of piperidine rings is 1. The maximum atomic E-state index is 12.7. The van der Waals surface area contributed by atoms with E-state index < -0.39 is 5.54 Å². The van der Waals surface area contributed by atoms with Gasteiger partial charge in [-0.2, -0.15) is 0 Å². The minimum atomic E-state index is -0.760. The summed E-state index contributed by atoms with van der Waals surface area (Å²) in [6.45, 7) is 5.42. The summed E-state index contributed by atoms with van der Waals surface area (Å²) in [5.74, 6) is -0.192. The summed E-state index contributed by atoms with van der Waals surface area (Å²) in [5, 5.41) is 8.72. The number of rotatable bonds is 7. The van der Waals surface area contributed by atoms with Crippen LogP contribution in [-0.2, 0) is 14.3 Å². The Morgan fingerprint density at radius 2 is 2.26 bits per heavy atom. The number of nitrogens with one attached hydrogen (secondary N) is 2. The first kappa shape index (κ1) is 17.4. The fraction of sp³-hybridized carbons (Fsp3) is 0.533. The molecule has 0 atom stereocenters. The predicted molar refractivity (Wildman–Crippen MR) is 89.4 cm³/mol. The molecule has 0 unspecified atom stereocenters. The lowest BCUT2D eigenvalue weighted by Crippen LogP contribution is -2.59. The number of carbonyl (C=O) groups excluding carboxylic acids is 2. The maximum Gasteiger partial charge on any atom is 0.245 e. The molecule has 23 heavy (non-hydrogen) atoms. The quantitative estimate of drug-likeness (QED) is 0.569. The Kier molecular flexibility index (Phi) is 6.12. The van der Waals surface area contributed by atoms with Gasteiger partial charge in [0.05, 0.1) is 6.61 Å². The molecule has 1 fully saturated rings. The first-order valence-corrected chi connectivity index (χ1v) is 8.35. The van der Waals surface area contributed by atoms with Gasteiger partial charge in [0, 0.05) is 38.3 Å². The summed E-state index contributed by atoms with van der Waals surface area (Å²) in [6.07, 6.45) is 4.04. The van der Waals surface area contributed by atoms with E-state index in [2.05, 4.69) is 22.2 Å². The fourth-order valence-electron chi connectivity index (χ4n) is 2.57. The van der Waals surface area contributed by atoms with Gasteiger partial charge in [0.15, 0.2) is 5.13 Å². The van der Waals surface area contributed by atoms with E-state index in [0.717, 1.165) is 0 Å². The number of carbonyl (C=O) groups is 2. The molecule has 7 nitrogen and oxygen atoms in total. The van der Waals surface area contributed by atoms with Crippen LogP contribution < -0.4 is 10.6 Å². The fourth-order valence-corrected chi connectivity index (χ4v) is 3.20. The third kappa shape index (κ3) is 4.29. The Morgan fingerprint density at radius 1 is 1.52 bits per heavy atom. The SMILES string of the molecule is C=CC(=O)N1CCC(Nc2nccs2)(C(=O)NCCOC)CC1. The second kappa shape index (κ2) is 8.07. The number of ether oxygens (including phenoxy) is 1. The molecule has 126 valence electrons. The zero-order valence-electron chi connectivity index (χ0n) is 13.2. The predicted octanol–water partition coefficient (Wildman–Crippen LogP) is 0.865. The normalized spacial score (nSPS) is 16.7. The Labute approximate surface area is 139 Å². The van der Waals surface area contributed by atoms with E-state index in [-0.39, 0.29) is 11.8 Å². The molecule has 2 heterocycles. The van der Waals surface area contributed by atoms with Crippen LogP contribution >= 0.6 is 11.3 Å². The molecule has 1 aromatic heterocycles.